The van der Waals surface area contributed by atoms with E-state index in [2.05, 4.69) is 15.6 Å². The maximum atomic E-state index is 12.3. The molecule has 0 fully saturated rings. The molecule has 0 aliphatic rings. The van der Waals surface area contributed by atoms with Crippen LogP contribution in [0.3, 0.4) is 0 Å². The Labute approximate surface area is 163 Å². The molecule has 138 valence electrons. The van der Waals surface area contributed by atoms with Gasteiger partial charge in [-0.25, -0.2) is 4.98 Å². The zero-order valence-corrected chi connectivity index (χ0v) is 15.9. The van der Waals surface area contributed by atoms with Crippen molar-refractivity contribution in [1.29, 1.82) is 0 Å². The van der Waals surface area contributed by atoms with Gasteiger partial charge in [0.05, 0.1) is 24.7 Å². The van der Waals surface area contributed by atoms with Crippen LogP contribution < -0.4 is 15.4 Å². The van der Waals surface area contributed by atoms with Gasteiger partial charge in [-0.15, -0.1) is 0 Å². The van der Waals surface area contributed by atoms with Crippen molar-refractivity contribution in [1.82, 2.24) is 10.3 Å². The molecular formula is C21H20ClN3O2. The quantitative estimate of drug-likeness (QED) is 0.648. The molecule has 27 heavy (non-hydrogen) atoms. The van der Waals surface area contributed by atoms with Crippen LogP contribution in [0.5, 0.6) is 5.75 Å². The van der Waals surface area contributed by atoms with Gasteiger partial charge in [0.15, 0.2) is 0 Å². The summed E-state index contributed by atoms with van der Waals surface area (Å²) in [5, 5.41) is 6.68. The van der Waals surface area contributed by atoms with Crippen LogP contribution in [-0.2, 0) is 6.54 Å². The molecule has 0 unspecified atom stereocenters. The first-order valence-corrected chi connectivity index (χ1v) is 8.84. The number of aryl methyl sites for hydroxylation is 1. The summed E-state index contributed by atoms with van der Waals surface area (Å²) in [6.45, 7) is 2.48. The molecule has 0 atom stereocenters. The lowest BCUT2D eigenvalue weighted by molar-refractivity contribution is 0.0946. The number of amides is 1. The number of hydrogen-bond acceptors (Lipinski definition) is 4. The number of pyridine rings is 1. The molecule has 0 saturated carbocycles. The van der Waals surface area contributed by atoms with Crippen LogP contribution in [0.4, 0.5) is 11.4 Å². The third-order valence-corrected chi connectivity index (χ3v) is 4.37. The lowest BCUT2D eigenvalue weighted by atomic mass is 10.1. The van der Waals surface area contributed by atoms with Crippen LogP contribution in [0.1, 0.15) is 21.6 Å². The van der Waals surface area contributed by atoms with Gasteiger partial charge in [-0.05, 0) is 48.4 Å². The molecular weight excluding hydrogens is 362 g/mol. The number of anilines is 2. The summed E-state index contributed by atoms with van der Waals surface area (Å²) < 4.78 is 5.31. The van der Waals surface area contributed by atoms with E-state index in [9.17, 15) is 4.79 Å². The highest BCUT2D eigenvalue weighted by Gasteiger charge is 2.09. The van der Waals surface area contributed by atoms with Crippen LogP contribution >= 0.6 is 11.6 Å². The Morgan fingerprint density at radius 2 is 1.96 bits per heavy atom. The zero-order chi connectivity index (χ0) is 19.2. The van der Waals surface area contributed by atoms with Crippen molar-refractivity contribution in [2.75, 3.05) is 12.4 Å². The smallest absolute Gasteiger partial charge is 0.270 e. The van der Waals surface area contributed by atoms with E-state index in [1.807, 2.05) is 31.2 Å². The monoisotopic (exact) mass is 381 g/mol. The zero-order valence-electron chi connectivity index (χ0n) is 15.1. The molecule has 0 spiro atoms. The van der Waals surface area contributed by atoms with Crippen LogP contribution in [0.25, 0.3) is 0 Å². The second kappa shape index (κ2) is 8.56. The van der Waals surface area contributed by atoms with Gasteiger partial charge in [0, 0.05) is 11.6 Å². The second-order valence-electron chi connectivity index (χ2n) is 6.01. The first-order chi connectivity index (χ1) is 13.1. The number of benzene rings is 2. The SMILES string of the molecule is COc1ccc(Cl)cc1Nc1ccc(C(=O)NCc2ccccc2C)nc1. The third-order valence-electron chi connectivity index (χ3n) is 4.14. The number of halogens is 1. The first-order valence-electron chi connectivity index (χ1n) is 8.46. The fourth-order valence-corrected chi connectivity index (χ4v) is 2.78. The Morgan fingerprint density at radius 3 is 2.67 bits per heavy atom. The molecule has 0 saturated heterocycles. The first kappa shape index (κ1) is 18.7. The summed E-state index contributed by atoms with van der Waals surface area (Å²) >= 11 is 6.04. The van der Waals surface area contributed by atoms with Crippen molar-refractivity contribution in [2.45, 2.75) is 13.5 Å². The summed E-state index contributed by atoms with van der Waals surface area (Å²) in [6.07, 6.45) is 1.60. The Morgan fingerprint density at radius 1 is 1.15 bits per heavy atom. The van der Waals surface area contributed by atoms with Gasteiger partial charge in [0.2, 0.25) is 0 Å². The number of carbonyl (C=O) groups is 1. The Kier molecular flexibility index (Phi) is 5.94. The number of ether oxygens (including phenoxy) is 1. The molecule has 3 rings (SSSR count). The minimum absolute atomic E-state index is 0.217. The fourth-order valence-electron chi connectivity index (χ4n) is 2.61. The maximum absolute atomic E-state index is 12.3. The van der Waals surface area contributed by atoms with Crippen molar-refractivity contribution in [3.63, 3.8) is 0 Å². The number of carbonyl (C=O) groups excluding carboxylic acids is 1. The third kappa shape index (κ3) is 4.77. The van der Waals surface area contributed by atoms with Crippen LogP contribution in [0.2, 0.25) is 5.02 Å². The van der Waals surface area contributed by atoms with Crippen molar-refractivity contribution in [2.24, 2.45) is 0 Å². The Balaban J connectivity index is 1.65. The van der Waals surface area contributed by atoms with Gasteiger partial charge in [-0.1, -0.05) is 35.9 Å². The Bertz CT molecular complexity index is 942. The van der Waals surface area contributed by atoms with E-state index in [1.165, 1.54) is 0 Å². The van der Waals surface area contributed by atoms with Crippen molar-refractivity contribution >= 4 is 28.9 Å². The molecule has 1 amide bonds. The molecule has 2 aromatic carbocycles. The van der Waals surface area contributed by atoms with Gasteiger partial charge in [0.25, 0.3) is 5.91 Å². The van der Waals surface area contributed by atoms with E-state index >= 15 is 0 Å². The van der Waals surface area contributed by atoms with E-state index < -0.39 is 0 Å². The maximum Gasteiger partial charge on any atom is 0.270 e. The van der Waals surface area contributed by atoms with Gasteiger partial charge in [0.1, 0.15) is 11.4 Å². The highest BCUT2D eigenvalue weighted by Crippen LogP contribution is 2.30. The lowest BCUT2D eigenvalue weighted by Gasteiger charge is -2.12. The van der Waals surface area contributed by atoms with E-state index in [4.69, 9.17) is 16.3 Å². The topological polar surface area (TPSA) is 63.2 Å². The average molecular weight is 382 g/mol. The summed E-state index contributed by atoms with van der Waals surface area (Å²) in [4.78, 5) is 16.6. The molecule has 0 bridgehead atoms. The molecule has 1 aromatic heterocycles. The normalized spacial score (nSPS) is 10.3. The number of nitrogens with zero attached hydrogens (tertiary/aromatic N) is 1. The lowest BCUT2D eigenvalue weighted by Crippen LogP contribution is -2.24. The molecule has 5 nitrogen and oxygen atoms in total. The van der Waals surface area contributed by atoms with Crippen molar-refractivity contribution in [3.8, 4) is 5.75 Å². The minimum atomic E-state index is -0.217. The minimum Gasteiger partial charge on any atom is -0.495 e. The average Bonchev–Trinajstić information content (AvgIpc) is 2.68. The van der Waals surface area contributed by atoms with Gasteiger partial charge >= 0.3 is 0 Å². The fraction of sp³-hybridized carbons (Fsp3) is 0.143. The predicted molar refractivity (Wildman–Crippen MR) is 108 cm³/mol. The van der Waals surface area contributed by atoms with E-state index in [-0.39, 0.29) is 5.91 Å². The van der Waals surface area contributed by atoms with Gasteiger partial charge in [-0.3, -0.25) is 4.79 Å². The summed E-state index contributed by atoms with van der Waals surface area (Å²) in [5.74, 6) is 0.449. The van der Waals surface area contributed by atoms with E-state index in [1.54, 1.807) is 43.6 Å². The van der Waals surface area contributed by atoms with Crippen LogP contribution in [-0.4, -0.2) is 18.0 Å². The standard InChI is InChI=1S/C21H20ClN3O2/c1-14-5-3-4-6-15(14)12-24-21(26)18-9-8-17(13-23-18)25-19-11-16(22)7-10-20(19)27-2/h3-11,13,25H,12H2,1-2H3,(H,24,26). The summed E-state index contributed by atoms with van der Waals surface area (Å²) in [5.41, 5.74) is 4.03. The molecule has 0 radical (unpaired) electrons. The summed E-state index contributed by atoms with van der Waals surface area (Å²) in [6, 6.07) is 16.7. The van der Waals surface area contributed by atoms with Crippen LogP contribution in [0, 0.1) is 6.92 Å². The number of hydrogen-bond donors (Lipinski definition) is 2. The molecule has 0 aliphatic carbocycles. The molecule has 1 heterocycles. The summed E-state index contributed by atoms with van der Waals surface area (Å²) in [7, 11) is 1.59. The van der Waals surface area contributed by atoms with E-state index in [0.29, 0.717) is 23.0 Å². The number of rotatable bonds is 6. The van der Waals surface area contributed by atoms with Crippen molar-refractivity contribution in [3.05, 3.63) is 82.6 Å². The van der Waals surface area contributed by atoms with E-state index in [0.717, 1.165) is 22.5 Å². The predicted octanol–water partition coefficient (Wildman–Crippen LogP) is 4.73. The molecule has 3 aromatic rings. The molecule has 6 heteroatoms. The second-order valence-corrected chi connectivity index (χ2v) is 6.45. The Hall–Kier alpha value is -3.05. The molecule has 2 N–H and O–H groups in total. The van der Waals surface area contributed by atoms with Gasteiger partial charge < -0.3 is 15.4 Å². The highest BCUT2D eigenvalue weighted by atomic mass is 35.5. The van der Waals surface area contributed by atoms with Crippen molar-refractivity contribution < 1.29 is 9.53 Å². The largest absolute Gasteiger partial charge is 0.495 e. The highest BCUT2D eigenvalue weighted by molar-refractivity contribution is 6.31. The number of aromatic nitrogens is 1. The number of nitrogens with one attached hydrogen (secondary N) is 2. The van der Waals surface area contributed by atoms with Gasteiger partial charge in [-0.2, -0.15) is 0 Å². The molecule has 0 aliphatic heterocycles. The number of methoxy groups -OCH3 is 1. The van der Waals surface area contributed by atoms with Crippen LogP contribution in [0.15, 0.2) is 60.8 Å².